The van der Waals surface area contributed by atoms with E-state index in [1.165, 1.54) is 23.5 Å². The zero-order chi connectivity index (χ0) is 14.5. The summed E-state index contributed by atoms with van der Waals surface area (Å²) in [5.41, 5.74) is 7.11. The Balaban J connectivity index is 2.23. The highest BCUT2D eigenvalue weighted by Crippen LogP contribution is 2.29. The third kappa shape index (κ3) is 3.54. The molecule has 5 nitrogen and oxygen atoms in total. The van der Waals surface area contributed by atoms with Crippen LogP contribution in [0.3, 0.4) is 0 Å². The normalized spacial score (nSPS) is 10.2. The van der Waals surface area contributed by atoms with E-state index in [0.717, 1.165) is 5.56 Å². The second-order valence-electron chi connectivity index (χ2n) is 3.66. The lowest BCUT2D eigenvalue weighted by Gasteiger charge is -2.07. The molecule has 102 valence electrons. The highest BCUT2D eigenvalue weighted by molar-refractivity contribution is 7.99. The fourth-order valence-corrected chi connectivity index (χ4v) is 3.05. The summed E-state index contributed by atoms with van der Waals surface area (Å²) in [6.45, 7) is 0. The molecule has 0 aliphatic heterocycles. The average Bonchev–Trinajstić information content (AvgIpc) is 2.46. The van der Waals surface area contributed by atoms with Crippen LogP contribution < -0.4 is 5.73 Å². The summed E-state index contributed by atoms with van der Waals surface area (Å²) >= 11 is 8.54. The van der Waals surface area contributed by atoms with E-state index in [0.29, 0.717) is 26.5 Å². The number of halogens is 1. The van der Waals surface area contributed by atoms with Crippen LogP contribution in [0.2, 0.25) is 5.15 Å². The Morgan fingerprint density at radius 2 is 2.10 bits per heavy atom. The van der Waals surface area contributed by atoms with E-state index in [1.807, 2.05) is 12.3 Å². The van der Waals surface area contributed by atoms with Gasteiger partial charge < -0.3 is 5.73 Å². The molecule has 20 heavy (non-hydrogen) atoms. The second-order valence-corrected chi connectivity index (χ2v) is 5.81. The van der Waals surface area contributed by atoms with Crippen molar-refractivity contribution in [1.29, 1.82) is 5.26 Å². The van der Waals surface area contributed by atoms with Gasteiger partial charge in [-0.05, 0) is 17.9 Å². The monoisotopic (exact) mass is 323 g/mol. The first-order chi connectivity index (χ1) is 9.63. The molecular weight excluding hydrogens is 314 g/mol. The van der Waals surface area contributed by atoms with Gasteiger partial charge >= 0.3 is 0 Å². The van der Waals surface area contributed by atoms with Crippen LogP contribution in [-0.4, -0.2) is 21.2 Å². The Morgan fingerprint density at radius 1 is 1.35 bits per heavy atom. The van der Waals surface area contributed by atoms with Crippen LogP contribution in [0.25, 0.3) is 0 Å². The SMILES string of the molecule is CSc1nc(N)nc(SCc2ccc(Cl)nc2)c1C#N. The maximum absolute atomic E-state index is 9.23. The van der Waals surface area contributed by atoms with Crippen molar-refractivity contribution in [2.24, 2.45) is 0 Å². The Hall–Kier alpha value is -1.49. The van der Waals surface area contributed by atoms with Gasteiger partial charge in [-0.1, -0.05) is 17.7 Å². The first kappa shape index (κ1) is 14.9. The van der Waals surface area contributed by atoms with Crippen molar-refractivity contribution in [3.63, 3.8) is 0 Å². The van der Waals surface area contributed by atoms with Crippen molar-refractivity contribution in [3.8, 4) is 6.07 Å². The molecule has 2 aromatic heterocycles. The van der Waals surface area contributed by atoms with Crippen LogP contribution in [0, 0.1) is 11.3 Å². The lowest BCUT2D eigenvalue weighted by Crippen LogP contribution is -2.01. The molecule has 0 fully saturated rings. The predicted molar refractivity (Wildman–Crippen MR) is 81.7 cm³/mol. The molecular formula is C12H10ClN5S2. The molecule has 2 heterocycles. The number of hydrogen-bond donors (Lipinski definition) is 1. The molecule has 0 saturated carbocycles. The van der Waals surface area contributed by atoms with Gasteiger partial charge in [-0.25, -0.2) is 15.0 Å². The quantitative estimate of drug-likeness (QED) is 0.525. The number of nitrogens with two attached hydrogens (primary N) is 1. The van der Waals surface area contributed by atoms with Crippen molar-refractivity contribution in [2.45, 2.75) is 15.8 Å². The molecule has 2 aromatic rings. The number of nitrogen functional groups attached to an aromatic ring is 1. The first-order valence-corrected chi connectivity index (χ1v) is 8.07. The van der Waals surface area contributed by atoms with E-state index in [4.69, 9.17) is 17.3 Å². The number of thioether (sulfide) groups is 2. The van der Waals surface area contributed by atoms with E-state index in [1.54, 1.807) is 12.3 Å². The topological polar surface area (TPSA) is 88.5 Å². The molecule has 0 aliphatic carbocycles. The highest BCUT2D eigenvalue weighted by Gasteiger charge is 2.13. The van der Waals surface area contributed by atoms with Crippen LogP contribution in [0.5, 0.6) is 0 Å². The second kappa shape index (κ2) is 6.79. The highest BCUT2D eigenvalue weighted by atomic mass is 35.5. The maximum Gasteiger partial charge on any atom is 0.222 e. The third-order valence-electron chi connectivity index (χ3n) is 2.33. The number of nitriles is 1. The molecule has 8 heteroatoms. The fourth-order valence-electron chi connectivity index (χ4n) is 1.43. The molecule has 0 aliphatic rings. The molecule has 0 amide bonds. The number of pyridine rings is 1. The van der Waals surface area contributed by atoms with Crippen molar-refractivity contribution < 1.29 is 0 Å². The zero-order valence-electron chi connectivity index (χ0n) is 10.5. The van der Waals surface area contributed by atoms with Crippen LogP contribution in [0.1, 0.15) is 11.1 Å². The third-order valence-corrected chi connectivity index (χ3v) is 4.28. The standard InChI is InChI=1S/C12H10ClN5S2/c1-19-10-8(4-14)11(18-12(15)17-10)20-6-7-2-3-9(13)16-5-7/h2-3,5H,6H2,1H3,(H2,15,17,18). The van der Waals surface area contributed by atoms with Crippen LogP contribution in [0.15, 0.2) is 28.4 Å². The van der Waals surface area contributed by atoms with Gasteiger partial charge in [0.2, 0.25) is 5.95 Å². The summed E-state index contributed by atoms with van der Waals surface area (Å²) in [5.74, 6) is 0.799. The summed E-state index contributed by atoms with van der Waals surface area (Å²) in [6, 6.07) is 5.74. The predicted octanol–water partition coefficient (Wildman–Crippen LogP) is 2.99. The van der Waals surface area contributed by atoms with Crippen molar-refractivity contribution in [1.82, 2.24) is 15.0 Å². The lowest BCUT2D eigenvalue weighted by molar-refractivity contribution is 0.961. The number of aromatic nitrogens is 3. The zero-order valence-corrected chi connectivity index (χ0v) is 12.9. The minimum absolute atomic E-state index is 0.171. The van der Waals surface area contributed by atoms with E-state index in [9.17, 15) is 5.26 Å². The summed E-state index contributed by atoms with van der Waals surface area (Å²) in [7, 11) is 0. The molecule has 0 radical (unpaired) electrons. The van der Waals surface area contributed by atoms with E-state index < -0.39 is 0 Å². The van der Waals surface area contributed by atoms with Gasteiger partial charge in [0.25, 0.3) is 0 Å². The minimum Gasteiger partial charge on any atom is -0.368 e. The lowest BCUT2D eigenvalue weighted by atomic mass is 10.3. The van der Waals surface area contributed by atoms with Gasteiger partial charge in [-0.3, -0.25) is 0 Å². The van der Waals surface area contributed by atoms with Gasteiger partial charge in [0.1, 0.15) is 26.8 Å². The van der Waals surface area contributed by atoms with Gasteiger partial charge in [0.15, 0.2) is 0 Å². The van der Waals surface area contributed by atoms with E-state index in [-0.39, 0.29) is 5.95 Å². The molecule has 0 aromatic carbocycles. The first-order valence-electron chi connectivity index (χ1n) is 5.49. The molecule has 0 bridgehead atoms. The van der Waals surface area contributed by atoms with Gasteiger partial charge in [-0.2, -0.15) is 5.26 Å². The van der Waals surface area contributed by atoms with Crippen molar-refractivity contribution in [2.75, 3.05) is 12.0 Å². The van der Waals surface area contributed by atoms with Crippen LogP contribution in [0.4, 0.5) is 5.95 Å². The average molecular weight is 324 g/mol. The van der Waals surface area contributed by atoms with Gasteiger partial charge in [0.05, 0.1) is 0 Å². The van der Waals surface area contributed by atoms with E-state index in [2.05, 4.69) is 21.0 Å². The minimum atomic E-state index is 0.171. The summed E-state index contributed by atoms with van der Waals surface area (Å²) < 4.78 is 0. The fraction of sp³-hybridized carbons (Fsp3) is 0.167. The Morgan fingerprint density at radius 3 is 2.70 bits per heavy atom. The summed E-state index contributed by atoms with van der Waals surface area (Å²) in [6.07, 6.45) is 3.54. The number of anilines is 1. The molecule has 0 saturated heterocycles. The molecule has 0 unspecified atom stereocenters. The van der Waals surface area contributed by atoms with Crippen LogP contribution in [-0.2, 0) is 5.75 Å². The summed E-state index contributed by atoms with van der Waals surface area (Å²) in [4.78, 5) is 12.2. The molecule has 2 rings (SSSR count). The maximum atomic E-state index is 9.23. The Bertz CT molecular complexity index is 654. The van der Waals surface area contributed by atoms with Crippen molar-refractivity contribution >= 4 is 41.1 Å². The smallest absolute Gasteiger partial charge is 0.222 e. The molecule has 0 spiro atoms. The Labute approximate surface area is 130 Å². The van der Waals surface area contributed by atoms with Crippen LogP contribution >= 0.6 is 35.1 Å². The van der Waals surface area contributed by atoms with E-state index >= 15 is 0 Å². The van der Waals surface area contributed by atoms with Gasteiger partial charge in [-0.15, -0.1) is 23.5 Å². The largest absolute Gasteiger partial charge is 0.368 e. The number of nitrogens with zero attached hydrogens (tertiary/aromatic N) is 4. The van der Waals surface area contributed by atoms with Crippen molar-refractivity contribution in [3.05, 3.63) is 34.6 Å². The molecule has 2 N–H and O–H groups in total. The molecule has 0 atom stereocenters. The Kier molecular flexibility index (Phi) is 5.06. The van der Waals surface area contributed by atoms with Gasteiger partial charge in [0, 0.05) is 11.9 Å². The number of hydrogen-bond acceptors (Lipinski definition) is 7. The summed E-state index contributed by atoms with van der Waals surface area (Å²) in [5, 5.41) is 10.9. The number of rotatable bonds is 4.